The molecular weight excluding hydrogens is 296 g/mol. The van der Waals surface area contributed by atoms with Gasteiger partial charge in [-0.15, -0.1) is 0 Å². The first-order valence-electron chi connectivity index (χ1n) is 9.06. The Morgan fingerprint density at radius 1 is 1.08 bits per heavy atom. The lowest BCUT2D eigenvalue weighted by molar-refractivity contribution is 0.342. The molecule has 0 bridgehead atoms. The molecule has 2 aromatic heterocycles. The summed E-state index contributed by atoms with van der Waals surface area (Å²) in [6, 6.07) is 13.0. The average molecular weight is 320 g/mol. The predicted molar refractivity (Wildman–Crippen MR) is 97.6 cm³/mol. The van der Waals surface area contributed by atoms with Crippen LogP contribution >= 0.6 is 0 Å². The van der Waals surface area contributed by atoms with Crippen LogP contribution in [0.3, 0.4) is 0 Å². The Morgan fingerprint density at radius 2 is 1.88 bits per heavy atom. The molecule has 1 saturated carbocycles. The summed E-state index contributed by atoms with van der Waals surface area (Å²) in [6.45, 7) is 2.65. The molecule has 0 unspecified atom stereocenters. The van der Waals surface area contributed by atoms with E-state index in [2.05, 4.69) is 30.5 Å². The molecule has 0 atom stereocenters. The highest BCUT2D eigenvalue weighted by Crippen LogP contribution is 2.33. The molecule has 3 heteroatoms. The van der Waals surface area contributed by atoms with Crippen LogP contribution in [0.5, 0.6) is 5.75 Å². The van der Waals surface area contributed by atoms with Gasteiger partial charge < -0.3 is 9.14 Å². The van der Waals surface area contributed by atoms with E-state index in [-0.39, 0.29) is 0 Å². The van der Waals surface area contributed by atoms with E-state index >= 15 is 0 Å². The molecule has 1 aromatic carbocycles. The highest BCUT2D eigenvalue weighted by Gasteiger charge is 2.15. The van der Waals surface area contributed by atoms with Crippen LogP contribution in [0.15, 0.2) is 48.8 Å². The third kappa shape index (κ3) is 2.91. The molecule has 3 nitrogen and oxygen atoms in total. The molecule has 1 fully saturated rings. The Kier molecular flexibility index (Phi) is 4.24. The van der Waals surface area contributed by atoms with Crippen LogP contribution in [0.4, 0.5) is 0 Å². The molecule has 1 aliphatic rings. The highest BCUT2D eigenvalue weighted by atomic mass is 16.5. The van der Waals surface area contributed by atoms with Gasteiger partial charge in [0.1, 0.15) is 0 Å². The number of hydrogen-bond donors (Lipinski definition) is 0. The van der Waals surface area contributed by atoms with E-state index in [1.807, 2.05) is 29.7 Å². The largest absolute Gasteiger partial charge is 0.490 e. The Morgan fingerprint density at radius 3 is 2.62 bits per heavy atom. The van der Waals surface area contributed by atoms with Gasteiger partial charge in [-0.1, -0.05) is 43.5 Å². The van der Waals surface area contributed by atoms with Crippen molar-refractivity contribution in [2.24, 2.45) is 0 Å². The third-order valence-electron chi connectivity index (χ3n) is 5.03. The molecule has 3 aromatic rings. The van der Waals surface area contributed by atoms with Gasteiger partial charge in [-0.05, 0) is 43.4 Å². The Hall–Kier alpha value is -2.29. The number of nitrogens with zero attached hydrogens (tertiary/aromatic N) is 2. The van der Waals surface area contributed by atoms with Crippen LogP contribution in [0.2, 0.25) is 0 Å². The van der Waals surface area contributed by atoms with Crippen LogP contribution in [-0.4, -0.2) is 16.0 Å². The first-order valence-corrected chi connectivity index (χ1v) is 9.06. The Balaban J connectivity index is 1.63. The van der Waals surface area contributed by atoms with E-state index in [1.54, 1.807) is 0 Å². The normalized spacial score (nSPS) is 15.7. The third-order valence-corrected chi connectivity index (χ3v) is 5.03. The standard InChI is InChI=1S/C21H24N2O/c1-2-24-20-9-6-14-23-15-19(22-21(20)23)18-12-10-17(11-13-18)16-7-4-3-5-8-16/h6,9-16H,2-5,7-8H2,1H3. The Bertz CT molecular complexity index is 813. The molecule has 0 aliphatic heterocycles. The molecular formula is C21H24N2O. The second kappa shape index (κ2) is 6.68. The fraction of sp³-hybridized carbons (Fsp3) is 0.381. The zero-order valence-corrected chi connectivity index (χ0v) is 14.2. The van der Waals surface area contributed by atoms with Gasteiger partial charge >= 0.3 is 0 Å². The zero-order chi connectivity index (χ0) is 16.4. The van der Waals surface area contributed by atoms with E-state index in [1.165, 1.54) is 43.2 Å². The van der Waals surface area contributed by atoms with Gasteiger partial charge in [-0.2, -0.15) is 0 Å². The van der Waals surface area contributed by atoms with Crippen molar-refractivity contribution in [2.45, 2.75) is 44.9 Å². The van der Waals surface area contributed by atoms with Crippen molar-refractivity contribution in [2.75, 3.05) is 6.61 Å². The highest BCUT2D eigenvalue weighted by molar-refractivity contribution is 5.66. The minimum atomic E-state index is 0.651. The van der Waals surface area contributed by atoms with Gasteiger partial charge in [0.2, 0.25) is 0 Å². The van der Waals surface area contributed by atoms with Crippen molar-refractivity contribution >= 4 is 5.65 Å². The van der Waals surface area contributed by atoms with E-state index < -0.39 is 0 Å². The van der Waals surface area contributed by atoms with Crippen LogP contribution in [0, 0.1) is 0 Å². The lowest BCUT2D eigenvalue weighted by Gasteiger charge is -2.21. The van der Waals surface area contributed by atoms with E-state index in [4.69, 9.17) is 9.72 Å². The molecule has 0 N–H and O–H groups in total. The van der Waals surface area contributed by atoms with Gasteiger partial charge in [-0.3, -0.25) is 0 Å². The maximum Gasteiger partial charge on any atom is 0.180 e. The summed E-state index contributed by atoms with van der Waals surface area (Å²) >= 11 is 0. The molecule has 124 valence electrons. The van der Waals surface area contributed by atoms with Crippen LogP contribution in [-0.2, 0) is 0 Å². The van der Waals surface area contributed by atoms with Crippen LogP contribution in [0.1, 0.15) is 50.5 Å². The smallest absolute Gasteiger partial charge is 0.180 e. The molecule has 0 spiro atoms. The molecule has 0 radical (unpaired) electrons. The summed E-state index contributed by atoms with van der Waals surface area (Å²) in [5.41, 5.74) is 4.53. The second-order valence-electron chi connectivity index (χ2n) is 6.62. The number of imidazole rings is 1. The summed E-state index contributed by atoms with van der Waals surface area (Å²) in [7, 11) is 0. The SMILES string of the molecule is CCOc1cccn2cc(-c3ccc(C4CCCCC4)cc3)nc12. The topological polar surface area (TPSA) is 26.5 Å². The molecule has 0 saturated heterocycles. The molecule has 2 heterocycles. The van der Waals surface area contributed by atoms with Crippen molar-refractivity contribution in [1.29, 1.82) is 0 Å². The minimum absolute atomic E-state index is 0.651. The Labute approximate surface area is 143 Å². The van der Waals surface area contributed by atoms with Gasteiger partial charge in [-0.25, -0.2) is 4.98 Å². The second-order valence-corrected chi connectivity index (χ2v) is 6.62. The summed E-state index contributed by atoms with van der Waals surface area (Å²) in [5, 5.41) is 0. The lowest BCUT2D eigenvalue weighted by Crippen LogP contribution is -2.04. The summed E-state index contributed by atoms with van der Waals surface area (Å²) in [6.07, 6.45) is 10.9. The number of fused-ring (bicyclic) bond motifs is 1. The molecule has 24 heavy (non-hydrogen) atoms. The zero-order valence-electron chi connectivity index (χ0n) is 14.2. The van der Waals surface area contributed by atoms with Gasteiger partial charge in [0.25, 0.3) is 0 Å². The number of ether oxygens (including phenoxy) is 1. The summed E-state index contributed by atoms with van der Waals surface area (Å²) in [5.74, 6) is 1.59. The average Bonchev–Trinajstić information content (AvgIpc) is 3.08. The predicted octanol–water partition coefficient (Wildman–Crippen LogP) is 5.45. The van der Waals surface area contributed by atoms with Crippen molar-refractivity contribution in [3.63, 3.8) is 0 Å². The minimum Gasteiger partial charge on any atom is -0.490 e. The number of aromatic nitrogens is 2. The van der Waals surface area contributed by atoms with E-state index in [0.717, 1.165) is 23.0 Å². The van der Waals surface area contributed by atoms with E-state index in [9.17, 15) is 0 Å². The molecule has 4 rings (SSSR count). The van der Waals surface area contributed by atoms with Gasteiger partial charge in [0.15, 0.2) is 11.4 Å². The quantitative estimate of drug-likeness (QED) is 0.639. The monoisotopic (exact) mass is 320 g/mol. The van der Waals surface area contributed by atoms with E-state index in [0.29, 0.717) is 6.61 Å². The van der Waals surface area contributed by atoms with Crippen molar-refractivity contribution in [3.8, 4) is 17.0 Å². The number of benzene rings is 1. The number of hydrogen-bond acceptors (Lipinski definition) is 2. The fourth-order valence-corrected chi connectivity index (χ4v) is 3.76. The number of pyridine rings is 1. The molecule has 1 aliphatic carbocycles. The van der Waals surface area contributed by atoms with Crippen LogP contribution in [0.25, 0.3) is 16.9 Å². The summed E-state index contributed by atoms with van der Waals surface area (Å²) in [4.78, 5) is 4.78. The first-order chi connectivity index (χ1) is 11.8. The van der Waals surface area contributed by atoms with Crippen molar-refractivity contribution in [1.82, 2.24) is 9.38 Å². The van der Waals surface area contributed by atoms with Crippen molar-refractivity contribution in [3.05, 3.63) is 54.4 Å². The maximum atomic E-state index is 5.68. The van der Waals surface area contributed by atoms with Gasteiger partial charge in [0.05, 0.1) is 12.3 Å². The maximum absolute atomic E-state index is 5.68. The fourth-order valence-electron chi connectivity index (χ4n) is 3.76. The molecule has 0 amide bonds. The lowest BCUT2D eigenvalue weighted by atomic mass is 9.84. The number of rotatable bonds is 4. The van der Waals surface area contributed by atoms with Gasteiger partial charge in [0, 0.05) is 18.0 Å². The summed E-state index contributed by atoms with van der Waals surface area (Å²) < 4.78 is 7.72. The van der Waals surface area contributed by atoms with Crippen LogP contribution < -0.4 is 4.74 Å². The first kappa shape index (κ1) is 15.3. The van der Waals surface area contributed by atoms with Crippen molar-refractivity contribution < 1.29 is 4.74 Å².